The highest BCUT2D eigenvalue weighted by atomic mass is 16.4. The monoisotopic (exact) mass is 360 g/mol. The fourth-order valence-electron chi connectivity index (χ4n) is 3.63. The summed E-state index contributed by atoms with van der Waals surface area (Å²) in [6.07, 6.45) is 1.39. The van der Waals surface area contributed by atoms with E-state index in [1.54, 1.807) is 6.92 Å². The maximum Gasteiger partial charge on any atom is 0.320 e. The summed E-state index contributed by atoms with van der Waals surface area (Å²) in [7, 11) is 0. The number of carboxylic acid groups (broad SMARTS) is 1. The maximum absolute atomic E-state index is 12.5. The topological polar surface area (TPSA) is 84.9 Å². The second kappa shape index (κ2) is 8.51. The summed E-state index contributed by atoms with van der Waals surface area (Å²) in [5, 5.41) is 15.4. The van der Waals surface area contributed by atoms with Crippen LogP contribution in [0.2, 0.25) is 0 Å². The van der Waals surface area contributed by atoms with Crippen molar-refractivity contribution in [1.82, 2.24) is 10.2 Å². The molecule has 0 radical (unpaired) electrons. The van der Waals surface area contributed by atoms with Gasteiger partial charge in [0.2, 0.25) is 5.91 Å². The van der Waals surface area contributed by atoms with Gasteiger partial charge in [-0.3, -0.25) is 14.5 Å². The molecule has 142 valence electrons. The van der Waals surface area contributed by atoms with E-state index in [-0.39, 0.29) is 11.8 Å². The molecule has 0 aliphatic carbocycles. The van der Waals surface area contributed by atoms with Gasteiger partial charge in [-0.25, -0.2) is 0 Å². The number of piperazine rings is 1. The molecule has 26 heavy (non-hydrogen) atoms. The first-order chi connectivity index (χ1) is 12.5. The number of likely N-dealkylation sites (tertiary alicyclic amines) is 1. The lowest BCUT2D eigenvalue weighted by Gasteiger charge is -2.33. The van der Waals surface area contributed by atoms with E-state index in [2.05, 4.69) is 27.7 Å². The van der Waals surface area contributed by atoms with Gasteiger partial charge >= 0.3 is 5.97 Å². The molecule has 2 saturated heterocycles. The number of nitrogens with zero attached hydrogens (tertiary/aromatic N) is 2. The van der Waals surface area contributed by atoms with Crippen LogP contribution in [0.4, 0.5) is 11.4 Å². The van der Waals surface area contributed by atoms with Gasteiger partial charge in [0.1, 0.15) is 6.04 Å². The molecule has 7 heteroatoms. The van der Waals surface area contributed by atoms with Crippen LogP contribution in [0, 0.1) is 5.92 Å². The SMILES string of the molecule is CC(C(=O)O)N1CCC(C(=O)Nc2ccc(N3CCNCC3)cc2)CC1. The smallest absolute Gasteiger partial charge is 0.320 e. The minimum Gasteiger partial charge on any atom is -0.480 e. The summed E-state index contributed by atoms with van der Waals surface area (Å²) >= 11 is 0. The summed E-state index contributed by atoms with van der Waals surface area (Å²) < 4.78 is 0. The third kappa shape index (κ3) is 4.53. The molecule has 0 saturated carbocycles. The molecule has 2 heterocycles. The number of amides is 1. The van der Waals surface area contributed by atoms with Gasteiger partial charge in [-0.1, -0.05) is 0 Å². The number of carboxylic acids is 1. The van der Waals surface area contributed by atoms with Crippen molar-refractivity contribution < 1.29 is 14.7 Å². The van der Waals surface area contributed by atoms with Gasteiger partial charge in [-0.2, -0.15) is 0 Å². The number of anilines is 2. The maximum atomic E-state index is 12.5. The minimum absolute atomic E-state index is 0.0301. The number of hydrogen-bond donors (Lipinski definition) is 3. The zero-order valence-corrected chi connectivity index (χ0v) is 15.3. The molecule has 0 bridgehead atoms. The van der Waals surface area contributed by atoms with Crippen molar-refractivity contribution in [3.05, 3.63) is 24.3 Å². The van der Waals surface area contributed by atoms with Gasteiger partial charge < -0.3 is 20.6 Å². The lowest BCUT2D eigenvalue weighted by molar-refractivity contribution is -0.143. The molecule has 1 aromatic rings. The molecule has 2 fully saturated rings. The van der Waals surface area contributed by atoms with Crippen molar-refractivity contribution in [2.24, 2.45) is 5.92 Å². The number of hydrogen-bond acceptors (Lipinski definition) is 5. The third-order valence-corrected chi connectivity index (χ3v) is 5.42. The van der Waals surface area contributed by atoms with Crippen LogP contribution in [0.1, 0.15) is 19.8 Å². The Labute approximate surface area is 154 Å². The number of rotatable bonds is 5. The second-order valence-electron chi connectivity index (χ2n) is 7.10. The average molecular weight is 360 g/mol. The normalized spacial score (nSPS) is 20.6. The van der Waals surface area contributed by atoms with Gasteiger partial charge in [0.25, 0.3) is 0 Å². The Morgan fingerprint density at radius 2 is 1.73 bits per heavy atom. The Kier molecular flexibility index (Phi) is 6.11. The second-order valence-corrected chi connectivity index (χ2v) is 7.10. The fourth-order valence-corrected chi connectivity index (χ4v) is 3.63. The highest BCUT2D eigenvalue weighted by Crippen LogP contribution is 2.23. The van der Waals surface area contributed by atoms with Gasteiger partial charge in [0.15, 0.2) is 0 Å². The van der Waals surface area contributed by atoms with E-state index in [0.717, 1.165) is 31.9 Å². The summed E-state index contributed by atoms with van der Waals surface area (Å²) in [6.45, 7) is 6.98. The quantitative estimate of drug-likeness (QED) is 0.732. The van der Waals surface area contributed by atoms with Crippen molar-refractivity contribution >= 4 is 23.3 Å². The van der Waals surface area contributed by atoms with Gasteiger partial charge in [-0.05, 0) is 57.1 Å². The molecule has 2 aliphatic heterocycles. The number of carbonyl (C=O) groups is 2. The number of benzene rings is 1. The van der Waals surface area contributed by atoms with Crippen LogP contribution in [-0.2, 0) is 9.59 Å². The first-order valence-electron chi connectivity index (χ1n) is 9.38. The first kappa shape index (κ1) is 18.7. The average Bonchev–Trinajstić information content (AvgIpc) is 2.68. The van der Waals surface area contributed by atoms with E-state index in [0.29, 0.717) is 25.9 Å². The zero-order valence-electron chi connectivity index (χ0n) is 15.3. The van der Waals surface area contributed by atoms with Crippen LogP contribution in [-0.4, -0.2) is 67.2 Å². The standard InChI is InChI=1S/C19H28N4O3/c1-14(19(25)26)22-10-6-15(7-11-22)18(24)21-16-2-4-17(5-3-16)23-12-8-20-9-13-23/h2-5,14-15,20H,6-13H2,1H3,(H,21,24)(H,25,26). The first-order valence-corrected chi connectivity index (χ1v) is 9.38. The third-order valence-electron chi connectivity index (χ3n) is 5.42. The molecule has 3 N–H and O–H groups in total. The number of piperidine rings is 1. The predicted octanol–water partition coefficient (Wildman–Crippen LogP) is 1.22. The van der Waals surface area contributed by atoms with Crippen LogP contribution >= 0.6 is 0 Å². The molecule has 1 aromatic carbocycles. The molecule has 7 nitrogen and oxygen atoms in total. The van der Waals surface area contributed by atoms with Crippen LogP contribution in [0.25, 0.3) is 0 Å². The number of carbonyl (C=O) groups excluding carboxylic acids is 1. The fraction of sp³-hybridized carbons (Fsp3) is 0.579. The van der Waals surface area contributed by atoms with Gasteiger partial charge in [0, 0.05) is 43.5 Å². The van der Waals surface area contributed by atoms with Gasteiger partial charge in [-0.15, -0.1) is 0 Å². The van der Waals surface area contributed by atoms with Crippen molar-refractivity contribution in [1.29, 1.82) is 0 Å². The summed E-state index contributed by atoms with van der Waals surface area (Å²) in [5.74, 6) is -0.833. The lowest BCUT2D eigenvalue weighted by atomic mass is 9.95. The van der Waals surface area contributed by atoms with E-state index < -0.39 is 12.0 Å². The minimum atomic E-state index is -0.808. The molecule has 1 atom stereocenters. The van der Waals surface area contributed by atoms with E-state index >= 15 is 0 Å². The van der Waals surface area contributed by atoms with Crippen LogP contribution in [0.3, 0.4) is 0 Å². The Bertz CT molecular complexity index is 620. The number of aliphatic carboxylic acids is 1. The molecule has 1 amide bonds. The summed E-state index contributed by atoms with van der Waals surface area (Å²) in [4.78, 5) is 27.8. The molecule has 3 rings (SSSR count). The highest BCUT2D eigenvalue weighted by molar-refractivity contribution is 5.92. The molecule has 0 spiro atoms. The van der Waals surface area contributed by atoms with Crippen molar-refractivity contribution in [3.63, 3.8) is 0 Å². The lowest BCUT2D eigenvalue weighted by Crippen LogP contribution is -2.45. The Hall–Kier alpha value is -2.12. The van der Waals surface area contributed by atoms with E-state index in [1.807, 2.05) is 17.0 Å². The Balaban J connectivity index is 1.50. The van der Waals surface area contributed by atoms with Crippen LogP contribution < -0.4 is 15.5 Å². The van der Waals surface area contributed by atoms with E-state index in [9.17, 15) is 9.59 Å². The summed E-state index contributed by atoms with van der Waals surface area (Å²) in [5.41, 5.74) is 2.00. The highest BCUT2D eigenvalue weighted by Gasteiger charge is 2.29. The molecule has 0 aromatic heterocycles. The predicted molar refractivity (Wildman–Crippen MR) is 102 cm³/mol. The van der Waals surface area contributed by atoms with Crippen molar-refractivity contribution in [2.75, 3.05) is 49.5 Å². The largest absolute Gasteiger partial charge is 0.480 e. The summed E-state index contributed by atoms with van der Waals surface area (Å²) in [6, 6.07) is 7.53. The van der Waals surface area contributed by atoms with E-state index in [1.165, 1.54) is 5.69 Å². The Morgan fingerprint density at radius 3 is 2.31 bits per heavy atom. The molecular formula is C19H28N4O3. The zero-order chi connectivity index (χ0) is 18.5. The Morgan fingerprint density at radius 1 is 1.12 bits per heavy atom. The van der Waals surface area contributed by atoms with E-state index in [4.69, 9.17) is 5.11 Å². The number of nitrogens with one attached hydrogen (secondary N) is 2. The van der Waals surface area contributed by atoms with Gasteiger partial charge in [0.05, 0.1) is 0 Å². The molecular weight excluding hydrogens is 332 g/mol. The van der Waals surface area contributed by atoms with Crippen LogP contribution in [0.15, 0.2) is 24.3 Å². The van der Waals surface area contributed by atoms with Crippen molar-refractivity contribution in [3.8, 4) is 0 Å². The molecule has 1 unspecified atom stereocenters. The molecule has 2 aliphatic rings. The van der Waals surface area contributed by atoms with Crippen molar-refractivity contribution in [2.45, 2.75) is 25.8 Å². The van der Waals surface area contributed by atoms with Crippen LogP contribution in [0.5, 0.6) is 0 Å².